The predicted octanol–water partition coefficient (Wildman–Crippen LogP) is 2.91. The summed E-state index contributed by atoms with van der Waals surface area (Å²) in [7, 11) is 4.09. The number of nitrogens with one attached hydrogen (secondary N) is 1. The van der Waals surface area contributed by atoms with Crippen LogP contribution in [0.4, 0.5) is 5.69 Å². The first kappa shape index (κ1) is 13.5. The molecule has 0 unspecified atom stereocenters. The van der Waals surface area contributed by atoms with E-state index in [1.165, 1.54) is 30.4 Å². The third-order valence-electron chi connectivity index (χ3n) is 4.63. The molecule has 108 valence electrons. The van der Waals surface area contributed by atoms with Gasteiger partial charge in [0.25, 0.3) is 5.91 Å². The van der Waals surface area contributed by atoms with Crippen LogP contribution in [0.5, 0.6) is 0 Å². The van der Waals surface area contributed by atoms with Crippen molar-refractivity contribution in [3.63, 3.8) is 0 Å². The Hall–Kier alpha value is -1.51. The normalized spacial score (nSPS) is 18.1. The van der Waals surface area contributed by atoms with E-state index < -0.39 is 0 Å². The predicted molar refractivity (Wildman–Crippen MR) is 82.5 cm³/mol. The number of carbonyl (C=O) groups is 1. The minimum atomic E-state index is 0.103. The zero-order valence-electron chi connectivity index (χ0n) is 12.5. The minimum Gasteiger partial charge on any atom is -0.377 e. The molecule has 3 rings (SSSR count). The maximum Gasteiger partial charge on any atom is 0.253 e. The second-order valence-electron chi connectivity index (χ2n) is 6.30. The number of aryl methyl sites for hydroxylation is 1. The molecule has 0 bridgehead atoms. The van der Waals surface area contributed by atoms with Gasteiger partial charge in [0.1, 0.15) is 0 Å². The van der Waals surface area contributed by atoms with Gasteiger partial charge < -0.3 is 10.2 Å². The number of benzene rings is 1. The molecule has 2 aliphatic carbocycles. The van der Waals surface area contributed by atoms with Crippen LogP contribution in [0.1, 0.15) is 53.6 Å². The van der Waals surface area contributed by atoms with Gasteiger partial charge in [0, 0.05) is 20.1 Å². The van der Waals surface area contributed by atoms with Crippen molar-refractivity contribution in [2.24, 2.45) is 0 Å². The van der Waals surface area contributed by atoms with Gasteiger partial charge in [-0.15, -0.1) is 0 Å². The molecule has 1 amide bonds. The summed E-state index contributed by atoms with van der Waals surface area (Å²) in [6.45, 7) is 0. The van der Waals surface area contributed by atoms with Crippen LogP contribution in [-0.4, -0.2) is 26.0 Å². The highest BCUT2D eigenvalue weighted by Crippen LogP contribution is 2.33. The van der Waals surface area contributed by atoms with Crippen LogP contribution in [0, 0.1) is 0 Å². The van der Waals surface area contributed by atoms with Gasteiger partial charge in [0.05, 0.1) is 11.3 Å². The van der Waals surface area contributed by atoms with Gasteiger partial charge in [0.2, 0.25) is 0 Å². The fourth-order valence-electron chi connectivity index (χ4n) is 3.32. The van der Waals surface area contributed by atoms with Gasteiger partial charge in [0.15, 0.2) is 0 Å². The van der Waals surface area contributed by atoms with Crippen molar-refractivity contribution in [3.8, 4) is 0 Å². The lowest BCUT2D eigenvalue weighted by atomic mass is 9.87. The van der Waals surface area contributed by atoms with Gasteiger partial charge in [-0.2, -0.15) is 0 Å². The summed E-state index contributed by atoms with van der Waals surface area (Å²) < 4.78 is 0. The number of nitrogens with zero attached hydrogens (tertiary/aromatic N) is 1. The number of carbonyl (C=O) groups excluding carboxylic acids is 1. The standard InChI is InChI=1S/C17H24N2O/c1-19(2)16-14-9-4-3-6-12(14)10-11-15(16)17(20)18-13-7-5-8-13/h10-11,13H,3-9H2,1-2H3,(H,18,20). The Morgan fingerprint density at radius 3 is 2.55 bits per heavy atom. The molecule has 0 radical (unpaired) electrons. The number of hydrogen-bond acceptors (Lipinski definition) is 2. The average Bonchev–Trinajstić information content (AvgIpc) is 2.41. The lowest BCUT2D eigenvalue weighted by Gasteiger charge is -2.29. The van der Waals surface area contributed by atoms with Crippen LogP contribution in [-0.2, 0) is 12.8 Å². The van der Waals surface area contributed by atoms with Crippen molar-refractivity contribution in [2.75, 3.05) is 19.0 Å². The second-order valence-corrected chi connectivity index (χ2v) is 6.30. The van der Waals surface area contributed by atoms with Crippen molar-refractivity contribution in [3.05, 3.63) is 28.8 Å². The highest BCUT2D eigenvalue weighted by Gasteiger charge is 2.24. The van der Waals surface area contributed by atoms with Crippen LogP contribution < -0.4 is 10.2 Å². The Kier molecular flexibility index (Phi) is 3.68. The van der Waals surface area contributed by atoms with Crippen LogP contribution in [0.25, 0.3) is 0 Å². The molecular formula is C17H24N2O. The van der Waals surface area contributed by atoms with E-state index in [9.17, 15) is 4.79 Å². The average molecular weight is 272 g/mol. The van der Waals surface area contributed by atoms with Crippen LogP contribution in [0.2, 0.25) is 0 Å². The Morgan fingerprint density at radius 2 is 1.90 bits per heavy atom. The zero-order valence-corrected chi connectivity index (χ0v) is 12.5. The van der Waals surface area contributed by atoms with E-state index in [-0.39, 0.29) is 5.91 Å². The van der Waals surface area contributed by atoms with Gasteiger partial charge in [-0.05, 0) is 62.1 Å². The monoisotopic (exact) mass is 272 g/mol. The summed E-state index contributed by atoms with van der Waals surface area (Å²) >= 11 is 0. The number of fused-ring (bicyclic) bond motifs is 1. The largest absolute Gasteiger partial charge is 0.377 e. The molecule has 0 aliphatic heterocycles. The van der Waals surface area contributed by atoms with Crippen molar-refractivity contribution in [2.45, 2.75) is 51.0 Å². The summed E-state index contributed by atoms with van der Waals surface area (Å²) in [5.74, 6) is 0.103. The molecule has 20 heavy (non-hydrogen) atoms. The number of hydrogen-bond donors (Lipinski definition) is 1. The smallest absolute Gasteiger partial charge is 0.253 e. The summed E-state index contributed by atoms with van der Waals surface area (Å²) in [5.41, 5.74) is 4.81. The van der Waals surface area contributed by atoms with Crippen LogP contribution >= 0.6 is 0 Å². The van der Waals surface area contributed by atoms with E-state index >= 15 is 0 Å². The summed E-state index contributed by atoms with van der Waals surface area (Å²) in [5, 5.41) is 3.17. The third kappa shape index (κ3) is 2.41. The summed E-state index contributed by atoms with van der Waals surface area (Å²) in [6.07, 6.45) is 8.28. The van der Waals surface area contributed by atoms with Gasteiger partial charge >= 0.3 is 0 Å². The first-order valence-corrected chi connectivity index (χ1v) is 7.80. The molecule has 1 N–H and O–H groups in total. The Balaban J connectivity index is 1.94. The fourth-order valence-corrected chi connectivity index (χ4v) is 3.32. The fraction of sp³-hybridized carbons (Fsp3) is 0.588. The van der Waals surface area contributed by atoms with E-state index in [0.717, 1.165) is 36.9 Å². The Morgan fingerprint density at radius 1 is 1.15 bits per heavy atom. The van der Waals surface area contributed by atoms with Crippen LogP contribution in [0.15, 0.2) is 12.1 Å². The summed E-state index contributed by atoms with van der Waals surface area (Å²) in [6, 6.07) is 4.58. The third-order valence-corrected chi connectivity index (χ3v) is 4.63. The molecule has 1 aromatic carbocycles. The molecule has 1 saturated carbocycles. The van der Waals surface area contributed by atoms with Crippen molar-refractivity contribution >= 4 is 11.6 Å². The molecular weight excluding hydrogens is 248 g/mol. The lowest BCUT2D eigenvalue weighted by molar-refractivity contribution is 0.0917. The van der Waals surface area contributed by atoms with Gasteiger partial charge in [-0.25, -0.2) is 0 Å². The maximum atomic E-state index is 12.5. The first-order valence-electron chi connectivity index (χ1n) is 7.80. The molecule has 2 aliphatic rings. The molecule has 1 fully saturated rings. The molecule has 3 heteroatoms. The summed E-state index contributed by atoms with van der Waals surface area (Å²) in [4.78, 5) is 14.6. The van der Waals surface area contributed by atoms with E-state index in [4.69, 9.17) is 0 Å². The van der Waals surface area contributed by atoms with E-state index in [2.05, 4.69) is 16.3 Å². The maximum absolute atomic E-state index is 12.5. The highest BCUT2D eigenvalue weighted by molar-refractivity contribution is 6.01. The molecule has 0 aromatic heterocycles. The van der Waals surface area contributed by atoms with Crippen molar-refractivity contribution in [1.82, 2.24) is 5.32 Å². The van der Waals surface area contributed by atoms with Crippen molar-refractivity contribution < 1.29 is 4.79 Å². The molecule has 0 spiro atoms. The molecule has 0 saturated heterocycles. The van der Waals surface area contributed by atoms with E-state index in [1.807, 2.05) is 20.2 Å². The van der Waals surface area contributed by atoms with E-state index in [0.29, 0.717) is 6.04 Å². The SMILES string of the molecule is CN(C)c1c(C(=O)NC2CCC2)ccc2c1CCCC2. The first-order chi connectivity index (χ1) is 9.66. The van der Waals surface area contributed by atoms with E-state index in [1.54, 1.807) is 0 Å². The Bertz CT molecular complexity index is 518. The zero-order chi connectivity index (χ0) is 14.1. The molecule has 0 heterocycles. The Labute approximate surface area is 121 Å². The van der Waals surface area contributed by atoms with Gasteiger partial charge in [-0.1, -0.05) is 6.07 Å². The molecule has 0 atom stereocenters. The number of anilines is 1. The highest BCUT2D eigenvalue weighted by atomic mass is 16.1. The quantitative estimate of drug-likeness (QED) is 0.917. The molecule has 3 nitrogen and oxygen atoms in total. The minimum absolute atomic E-state index is 0.103. The number of rotatable bonds is 3. The lowest BCUT2D eigenvalue weighted by Crippen LogP contribution is -2.40. The van der Waals surface area contributed by atoms with Gasteiger partial charge in [-0.3, -0.25) is 4.79 Å². The number of amides is 1. The van der Waals surface area contributed by atoms with Crippen LogP contribution in [0.3, 0.4) is 0 Å². The van der Waals surface area contributed by atoms with Crippen molar-refractivity contribution in [1.29, 1.82) is 0 Å². The molecule has 1 aromatic rings. The second kappa shape index (κ2) is 5.47. The topological polar surface area (TPSA) is 32.3 Å².